The Morgan fingerprint density at radius 1 is 1.40 bits per heavy atom. The Morgan fingerprint density at radius 2 is 2.00 bits per heavy atom. The number of piperidine rings is 1. The quantitative estimate of drug-likeness (QED) is 0.829. The lowest BCUT2D eigenvalue weighted by Crippen LogP contribution is -2.41. The third kappa shape index (κ3) is 3.44. The minimum absolute atomic E-state index is 0.00879. The molecule has 1 saturated heterocycles. The molecule has 20 heavy (non-hydrogen) atoms. The van der Waals surface area contributed by atoms with Gasteiger partial charge in [0.2, 0.25) is 11.9 Å². The van der Waals surface area contributed by atoms with Gasteiger partial charge in [0.1, 0.15) is 6.54 Å². The van der Waals surface area contributed by atoms with Gasteiger partial charge in [-0.1, -0.05) is 0 Å². The molecule has 1 fully saturated rings. The summed E-state index contributed by atoms with van der Waals surface area (Å²) >= 11 is 0. The molecule has 6 nitrogen and oxygen atoms in total. The average Bonchev–Trinajstić information content (AvgIpc) is 2.44. The van der Waals surface area contributed by atoms with Gasteiger partial charge in [-0.3, -0.25) is 4.79 Å². The number of carbonyl (C=O) groups excluding carboxylic acids is 1. The second-order valence-electron chi connectivity index (χ2n) is 5.09. The number of hydrogen-bond donors (Lipinski definition) is 1. The summed E-state index contributed by atoms with van der Waals surface area (Å²) in [5.41, 5.74) is 1.92. The van der Waals surface area contributed by atoms with Crippen molar-refractivity contribution < 1.29 is 4.79 Å². The van der Waals surface area contributed by atoms with Crippen molar-refractivity contribution in [3.8, 4) is 6.07 Å². The van der Waals surface area contributed by atoms with Crippen LogP contribution in [0, 0.1) is 31.1 Å². The summed E-state index contributed by atoms with van der Waals surface area (Å²) in [6, 6.07) is 3.87. The van der Waals surface area contributed by atoms with Crippen molar-refractivity contribution in [3.63, 3.8) is 0 Å². The molecule has 1 aromatic rings. The van der Waals surface area contributed by atoms with Crippen molar-refractivity contribution >= 4 is 11.9 Å². The zero-order chi connectivity index (χ0) is 14.5. The standard InChI is InChI=1S/C14H19N5O/c1-10-9-11(2)18-14(17-10)19-7-3-12(4-8-19)13(20)16-6-5-15/h9,12H,3-4,6-8H2,1-2H3,(H,16,20). The predicted octanol–water partition coefficient (Wildman–Crippen LogP) is 0.950. The van der Waals surface area contributed by atoms with Crippen molar-refractivity contribution in [1.29, 1.82) is 5.26 Å². The van der Waals surface area contributed by atoms with E-state index in [2.05, 4.69) is 20.2 Å². The van der Waals surface area contributed by atoms with Crippen LogP contribution in [0.15, 0.2) is 6.07 Å². The van der Waals surface area contributed by atoms with Crippen LogP contribution in [0.3, 0.4) is 0 Å². The van der Waals surface area contributed by atoms with E-state index in [9.17, 15) is 4.79 Å². The molecule has 2 heterocycles. The van der Waals surface area contributed by atoms with Gasteiger partial charge in [-0.25, -0.2) is 9.97 Å². The van der Waals surface area contributed by atoms with Crippen LogP contribution in [0.25, 0.3) is 0 Å². The van der Waals surface area contributed by atoms with Crippen LogP contribution in [-0.2, 0) is 4.79 Å². The number of amides is 1. The van der Waals surface area contributed by atoms with Crippen LogP contribution in [0.5, 0.6) is 0 Å². The van der Waals surface area contributed by atoms with Crippen LogP contribution in [0.1, 0.15) is 24.2 Å². The van der Waals surface area contributed by atoms with Crippen LogP contribution in [0.4, 0.5) is 5.95 Å². The number of carbonyl (C=O) groups is 1. The molecule has 1 amide bonds. The monoisotopic (exact) mass is 273 g/mol. The van der Waals surface area contributed by atoms with Crippen molar-refractivity contribution in [2.24, 2.45) is 5.92 Å². The van der Waals surface area contributed by atoms with Crippen LogP contribution < -0.4 is 10.2 Å². The number of aromatic nitrogens is 2. The van der Waals surface area contributed by atoms with Crippen molar-refractivity contribution in [1.82, 2.24) is 15.3 Å². The summed E-state index contributed by atoms with van der Waals surface area (Å²) in [5, 5.41) is 11.1. The molecular formula is C14H19N5O. The first-order valence-corrected chi connectivity index (χ1v) is 6.82. The summed E-state index contributed by atoms with van der Waals surface area (Å²) in [6.07, 6.45) is 1.54. The van der Waals surface area contributed by atoms with Crippen LogP contribution in [-0.4, -0.2) is 35.5 Å². The van der Waals surface area contributed by atoms with E-state index >= 15 is 0 Å². The molecule has 6 heteroatoms. The number of hydrogen-bond acceptors (Lipinski definition) is 5. The van der Waals surface area contributed by atoms with Crippen LogP contribution in [0.2, 0.25) is 0 Å². The summed E-state index contributed by atoms with van der Waals surface area (Å²) in [4.78, 5) is 22.8. The minimum atomic E-state index is -0.0208. The topological polar surface area (TPSA) is 81.9 Å². The maximum atomic E-state index is 11.8. The SMILES string of the molecule is Cc1cc(C)nc(N2CCC(C(=O)NCC#N)CC2)n1. The molecule has 0 bridgehead atoms. The van der Waals surface area contributed by atoms with Gasteiger partial charge in [-0.2, -0.15) is 5.26 Å². The van der Waals surface area contributed by atoms with E-state index in [1.54, 1.807) is 0 Å². The zero-order valence-electron chi connectivity index (χ0n) is 11.9. The molecular weight excluding hydrogens is 254 g/mol. The Kier molecular flexibility index (Phi) is 4.51. The third-order valence-electron chi connectivity index (χ3n) is 3.46. The number of anilines is 1. The highest BCUT2D eigenvalue weighted by Gasteiger charge is 2.26. The second-order valence-corrected chi connectivity index (χ2v) is 5.09. The summed E-state index contributed by atoms with van der Waals surface area (Å²) in [6.45, 7) is 5.54. The molecule has 1 aliphatic rings. The van der Waals surface area contributed by atoms with Crippen molar-refractivity contribution in [2.45, 2.75) is 26.7 Å². The molecule has 1 N–H and O–H groups in total. The fourth-order valence-electron chi connectivity index (χ4n) is 2.46. The number of aryl methyl sites for hydroxylation is 2. The molecule has 0 saturated carbocycles. The van der Waals surface area contributed by atoms with E-state index in [4.69, 9.17) is 5.26 Å². The van der Waals surface area contributed by atoms with Gasteiger partial charge in [-0.15, -0.1) is 0 Å². The van der Waals surface area contributed by atoms with Gasteiger partial charge < -0.3 is 10.2 Å². The lowest BCUT2D eigenvalue weighted by atomic mass is 9.96. The Labute approximate surface area is 118 Å². The van der Waals surface area contributed by atoms with Crippen LogP contribution >= 0.6 is 0 Å². The number of nitriles is 1. The normalized spacial score (nSPS) is 15.8. The average molecular weight is 273 g/mol. The smallest absolute Gasteiger partial charge is 0.225 e. The van der Waals surface area contributed by atoms with Gasteiger partial charge in [0.15, 0.2) is 0 Å². The highest BCUT2D eigenvalue weighted by molar-refractivity contribution is 5.79. The van der Waals surface area contributed by atoms with E-state index in [1.807, 2.05) is 26.0 Å². The highest BCUT2D eigenvalue weighted by atomic mass is 16.1. The Balaban J connectivity index is 1.94. The Hall–Kier alpha value is -2.16. The molecule has 0 atom stereocenters. The number of nitrogens with zero attached hydrogens (tertiary/aromatic N) is 4. The third-order valence-corrected chi connectivity index (χ3v) is 3.46. The molecule has 0 unspecified atom stereocenters. The summed E-state index contributed by atoms with van der Waals surface area (Å²) in [7, 11) is 0. The summed E-state index contributed by atoms with van der Waals surface area (Å²) in [5.74, 6) is 0.719. The fraction of sp³-hybridized carbons (Fsp3) is 0.571. The molecule has 0 aliphatic carbocycles. The second kappa shape index (κ2) is 6.33. The first-order valence-electron chi connectivity index (χ1n) is 6.82. The van der Waals surface area contributed by atoms with Crippen molar-refractivity contribution in [2.75, 3.05) is 24.5 Å². The molecule has 106 valence electrons. The van der Waals surface area contributed by atoms with Gasteiger partial charge in [0.25, 0.3) is 0 Å². The number of rotatable bonds is 3. The highest BCUT2D eigenvalue weighted by Crippen LogP contribution is 2.21. The van der Waals surface area contributed by atoms with E-state index < -0.39 is 0 Å². The minimum Gasteiger partial charge on any atom is -0.343 e. The van der Waals surface area contributed by atoms with E-state index in [1.165, 1.54) is 0 Å². The van der Waals surface area contributed by atoms with E-state index in [-0.39, 0.29) is 18.4 Å². The number of nitrogens with one attached hydrogen (secondary N) is 1. The van der Waals surface area contributed by atoms with Crippen molar-refractivity contribution in [3.05, 3.63) is 17.5 Å². The molecule has 0 spiro atoms. The van der Waals surface area contributed by atoms with Gasteiger partial charge in [0, 0.05) is 30.4 Å². The first-order chi connectivity index (χ1) is 9.60. The van der Waals surface area contributed by atoms with Gasteiger partial charge in [-0.05, 0) is 32.8 Å². The molecule has 1 aromatic heterocycles. The van der Waals surface area contributed by atoms with Gasteiger partial charge in [0.05, 0.1) is 6.07 Å². The zero-order valence-corrected chi connectivity index (χ0v) is 11.9. The van der Waals surface area contributed by atoms with E-state index in [0.29, 0.717) is 0 Å². The van der Waals surface area contributed by atoms with E-state index in [0.717, 1.165) is 43.3 Å². The lowest BCUT2D eigenvalue weighted by molar-refractivity contribution is -0.125. The maximum Gasteiger partial charge on any atom is 0.225 e. The fourth-order valence-corrected chi connectivity index (χ4v) is 2.46. The first kappa shape index (κ1) is 14.3. The Morgan fingerprint density at radius 3 is 2.55 bits per heavy atom. The molecule has 0 radical (unpaired) electrons. The molecule has 2 rings (SSSR count). The maximum absolute atomic E-state index is 11.8. The summed E-state index contributed by atoms with van der Waals surface area (Å²) < 4.78 is 0. The predicted molar refractivity (Wildman–Crippen MR) is 75.1 cm³/mol. The van der Waals surface area contributed by atoms with Gasteiger partial charge >= 0.3 is 0 Å². The largest absolute Gasteiger partial charge is 0.343 e. The Bertz CT molecular complexity index is 509. The molecule has 1 aliphatic heterocycles. The lowest BCUT2D eigenvalue weighted by Gasteiger charge is -2.31. The molecule has 0 aromatic carbocycles.